The van der Waals surface area contributed by atoms with Gasteiger partial charge in [-0.2, -0.15) is 0 Å². The first-order valence-electron chi connectivity index (χ1n) is 9.81. The van der Waals surface area contributed by atoms with E-state index in [9.17, 15) is 4.79 Å². The van der Waals surface area contributed by atoms with Gasteiger partial charge in [-0.05, 0) is 54.8 Å². The van der Waals surface area contributed by atoms with Crippen LogP contribution in [0.4, 0.5) is 0 Å². The molecule has 0 aliphatic rings. The van der Waals surface area contributed by atoms with Gasteiger partial charge in [-0.25, -0.2) is 4.98 Å². The van der Waals surface area contributed by atoms with Gasteiger partial charge in [0.05, 0.1) is 5.52 Å². The molecule has 4 nitrogen and oxygen atoms in total. The van der Waals surface area contributed by atoms with Crippen molar-refractivity contribution in [3.63, 3.8) is 0 Å². The van der Waals surface area contributed by atoms with Gasteiger partial charge >= 0.3 is 0 Å². The van der Waals surface area contributed by atoms with Gasteiger partial charge < -0.3 is 4.90 Å². The Morgan fingerprint density at radius 2 is 1.80 bits per heavy atom. The summed E-state index contributed by atoms with van der Waals surface area (Å²) in [5.74, 6) is -0.0595. The minimum absolute atomic E-state index is 0.0595. The van der Waals surface area contributed by atoms with Crippen LogP contribution in [0.5, 0.6) is 0 Å². The van der Waals surface area contributed by atoms with E-state index in [1.807, 2.05) is 55.5 Å². The summed E-state index contributed by atoms with van der Waals surface area (Å²) in [5.41, 5.74) is 5.61. The molecule has 0 unspecified atom stereocenters. The first-order valence-corrected chi connectivity index (χ1v) is 10.2. The van der Waals surface area contributed by atoms with E-state index in [0.717, 1.165) is 27.6 Å². The predicted octanol–water partition coefficient (Wildman–Crippen LogP) is 5.74. The van der Waals surface area contributed by atoms with Crippen molar-refractivity contribution in [1.29, 1.82) is 0 Å². The molecule has 150 valence electrons. The van der Waals surface area contributed by atoms with Gasteiger partial charge in [-0.1, -0.05) is 48.0 Å². The lowest BCUT2D eigenvalue weighted by molar-refractivity contribution is 0.0730. The topological polar surface area (TPSA) is 46.1 Å². The summed E-state index contributed by atoms with van der Waals surface area (Å²) >= 11 is 6.56. The van der Waals surface area contributed by atoms with E-state index in [4.69, 9.17) is 11.6 Å². The fraction of sp³-hybridized carbons (Fsp3) is 0.160. The number of rotatable bonds is 5. The maximum Gasteiger partial charge on any atom is 0.254 e. The second kappa shape index (κ2) is 8.64. The Labute approximate surface area is 181 Å². The number of amides is 1. The molecular formula is C25H22ClN3O. The molecule has 0 aliphatic carbocycles. The molecule has 2 heterocycles. The van der Waals surface area contributed by atoms with Crippen LogP contribution in [0, 0.1) is 13.8 Å². The molecule has 2 aromatic carbocycles. The molecule has 0 atom stereocenters. The third-order valence-corrected chi connectivity index (χ3v) is 5.63. The fourth-order valence-electron chi connectivity index (χ4n) is 3.50. The molecule has 1 amide bonds. The molecule has 4 rings (SSSR count). The van der Waals surface area contributed by atoms with Crippen LogP contribution in [0.2, 0.25) is 5.15 Å². The number of benzene rings is 2. The van der Waals surface area contributed by atoms with E-state index >= 15 is 0 Å². The van der Waals surface area contributed by atoms with Crippen molar-refractivity contribution >= 4 is 28.4 Å². The average molecular weight is 416 g/mol. The monoisotopic (exact) mass is 415 g/mol. The maximum atomic E-state index is 13.3. The second-order valence-corrected chi connectivity index (χ2v) is 7.76. The number of halogens is 1. The number of hydrogen-bond acceptors (Lipinski definition) is 3. The number of carbonyl (C=O) groups is 1. The SMILES string of the molecule is Cc1ccc2cc(CN(Cc3cccnc3)C(=O)c3ccccc3)c(Cl)nc2c1C. The number of hydrogen-bond donors (Lipinski definition) is 0. The number of aromatic nitrogens is 2. The normalized spacial score (nSPS) is 10.9. The molecule has 4 aromatic rings. The van der Waals surface area contributed by atoms with E-state index in [1.54, 1.807) is 17.3 Å². The highest BCUT2D eigenvalue weighted by molar-refractivity contribution is 6.30. The van der Waals surface area contributed by atoms with Crippen LogP contribution in [0.3, 0.4) is 0 Å². The van der Waals surface area contributed by atoms with E-state index in [-0.39, 0.29) is 5.91 Å². The summed E-state index contributed by atoms with van der Waals surface area (Å²) in [6.07, 6.45) is 3.50. The van der Waals surface area contributed by atoms with Gasteiger partial charge in [0.25, 0.3) is 5.91 Å². The highest BCUT2D eigenvalue weighted by Crippen LogP contribution is 2.26. The zero-order chi connectivity index (χ0) is 21.1. The minimum atomic E-state index is -0.0595. The molecule has 0 saturated carbocycles. The lowest BCUT2D eigenvalue weighted by atomic mass is 10.0. The van der Waals surface area contributed by atoms with Crippen LogP contribution in [-0.2, 0) is 13.1 Å². The second-order valence-electron chi connectivity index (χ2n) is 7.41. The Balaban J connectivity index is 1.71. The molecule has 2 aromatic heterocycles. The van der Waals surface area contributed by atoms with Crippen molar-refractivity contribution < 1.29 is 4.79 Å². The highest BCUT2D eigenvalue weighted by Gasteiger charge is 2.19. The molecule has 0 saturated heterocycles. The number of fused-ring (bicyclic) bond motifs is 1. The van der Waals surface area contributed by atoms with Crippen LogP contribution in [0.15, 0.2) is 73.1 Å². The number of nitrogens with zero attached hydrogens (tertiary/aromatic N) is 3. The molecule has 0 bridgehead atoms. The largest absolute Gasteiger partial charge is 0.330 e. The Kier molecular flexibility index (Phi) is 5.77. The van der Waals surface area contributed by atoms with Crippen LogP contribution in [-0.4, -0.2) is 20.8 Å². The summed E-state index contributed by atoms with van der Waals surface area (Å²) in [5, 5.41) is 1.44. The fourth-order valence-corrected chi connectivity index (χ4v) is 3.69. The quantitative estimate of drug-likeness (QED) is 0.390. The van der Waals surface area contributed by atoms with Gasteiger partial charge in [-0.15, -0.1) is 0 Å². The summed E-state index contributed by atoms with van der Waals surface area (Å²) in [6, 6.07) is 19.3. The molecular weight excluding hydrogens is 394 g/mol. The van der Waals surface area contributed by atoms with Crippen molar-refractivity contribution in [1.82, 2.24) is 14.9 Å². The van der Waals surface area contributed by atoms with Gasteiger partial charge in [0.2, 0.25) is 0 Å². The van der Waals surface area contributed by atoms with E-state index in [1.165, 1.54) is 5.56 Å². The van der Waals surface area contributed by atoms with Crippen molar-refractivity contribution in [2.45, 2.75) is 26.9 Å². The standard InChI is InChI=1S/C25H22ClN3O/c1-17-10-11-21-13-22(24(26)28-23(21)18(17)2)16-29(15-19-7-6-12-27-14-19)25(30)20-8-4-3-5-9-20/h3-14H,15-16H2,1-2H3. The zero-order valence-corrected chi connectivity index (χ0v) is 17.7. The summed E-state index contributed by atoms with van der Waals surface area (Å²) in [4.78, 5) is 23.9. The third kappa shape index (κ3) is 4.19. The van der Waals surface area contributed by atoms with Crippen LogP contribution < -0.4 is 0 Å². The van der Waals surface area contributed by atoms with Gasteiger partial charge in [0, 0.05) is 42.0 Å². The number of carbonyl (C=O) groups excluding carboxylic acids is 1. The smallest absolute Gasteiger partial charge is 0.254 e. The van der Waals surface area contributed by atoms with Crippen molar-refractivity contribution in [3.05, 3.63) is 106 Å². The van der Waals surface area contributed by atoms with E-state index < -0.39 is 0 Å². The molecule has 30 heavy (non-hydrogen) atoms. The minimum Gasteiger partial charge on any atom is -0.330 e. The Morgan fingerprint density at radius 3 is 2.53 bits per heavy atom. The lowest BCUT2D eigenvalue weighted by Crippen LogP contribution is -2.30. The van der Waals surface area contributed by atoms with Crippen molar-refractivity contribution in [2.75, 3.05) is 0 Å². The number of pyridine rings is 2. The van der Waals surface area contributed by atoms with Crippen molar-refractivity contribution in [2.24, 2.45) is 0 Å². The number of aryl methyl sites for hydroxylation is 2. The first kappa shape index (κ1) is 20.0. The van der Waals surface area contributed by atoms with Crippen LogP contribution in [0.25, 0.3) is 10.9 Å². The molecule has 0 fully saturated rings. The molecule has 0 aliphatic heterocycles. The Hall–Kier alpha value is -3.24. The maximum absolute atomic E-state index is 13.3. The van der Waals surface area contributed by atoms with Gasteiger partial charge in [0.1, 0.15) is 5.15 Å². The lowest BCUT2D eigenvalue weighted by Gasteiger charge is -2.24. The molecule has 0 N–H and O–H groups in total. The zero-order valence-electron chi connectivity index (χ0n) is 17.0. The van der Waals surface area contributed by atoms with Crippen molar-refractivity contribution in [3.8, 4) is 0 Å². The van der Waals surface area contributed by atoms with E-state index in [0.29, 0.717) is 23.8 Å². The molecule has 0 spiro atoms. The summed E-state index contributed by atoms with van der Waals surface area (Å²) < 4.78 is 0. The molecule has 5 heteroatoms. The first-order chi connectivity index (χ1) is 14.5. The summed E-state index contributed by atoms with van der Waals surface area (Å²) in [6.45, 7) is 4.90. The average Bonchev–Trinajstić information content (AvgIpc) is 2.78. The Bertz CT molecular complexity index is 1190. The van der Waals surface area contributed by atoms with Gasteiger partial charge in [-0.3, -0.25) is 9.78 Å². The molecule has 0 radical (unpaired) electrons. The van der Waals surface area contributed by atoms with E-state index in [2.05, 4.69) is 29.0 Å². The Morgan fingerprint density at radius 1 is 1.00 bits per heavy atom. The van der Waals surface area contributed by atoms with Crippen LogP contribution in [0.1, 0.15) is 32.6 Å². The predicted molar refractivity (Wildman–Crippen MR) is 120 cm³/mol. The third-order valence-electron chi connectivity index (χ3n) is 5.30. The summed E-state index contributed by atoms with van der Waals surface area (Å²) in [7, 11) is 0. The highest BCUT2D eigenvalue weighted by atomic mass is 35.5. The van der Waals surface area contributed by atoms with Gasteiger partial charge in [0.15, 0.2) is 0 Å². The van der Waals surface area contributed by atoms with Crippen LogP contribution >= 0.6 is 11.6 Å².